The fourth-order valence-electron chi connectivity index (χ4n) is 3.74. The minimum Gasteiger partial charge on any atom is -0.356 e. The molecule has 2 saturated heterocycles. The van der Waals surface area contributed by atoms with Crippen LogP contribution in [0, 0.1) is 11.8 Å². The number of amides is 1. The number of aromatic nitrogens is 1. The quantitative estimate of drug-likeness (QED) is 0.793. The van der Waals surface area contributed by atoms with Gasteiger partial charge in [0.1, 0.15) is 0 Å². The van der Waals surface area contributed by atoms with Crippen LogP contribution in [0.5, 0.6) is 0 Å². The Kier molecular flexibility index (Phi) is 6.49. The zero-order valence-electron chi connectivity index (χ0n) is 14.7. The lowest BCUT2D eigenvalue weighted by atomic mass is 9.84. The third kappa shape index (κ3) is 4.93. The van der Waals surface area contributed by atoms with E-state index in [1.54, 1.807) is 11.3 Å². The van der Waals surface area contributed by atoms with Crippen LogP contribution in [0.25, 0.3) is 0 Å². The Morgan fingerprint density at radius 2 is 2.17 bits per heavy atom. The Morgan fingerprint density at radius 3 is 2.92 bits per heavy atom. The molecule has 24 heavy (non-hydrogen) atoms. The van der Waals surface area contributed by atoms with E-state index in [1.165, 1.54) is 25.7 Å². The van der Waals surface area contributed by atoms with E-state index in [0.29, 0.717) is 24.8 Å². The molecule has 1 aromatic rings. The second-order valence-corrected chi connectivity index (χ2v) is 8.02. The van der Waals surface area contributed by atoms with E-state index < -0.39 is 0 Å². The fourth-order valence-corrected chi connectivity index (χ4v) is 4.65. The maximum atomic E-state index is 12.1. The van der Waals surface area contributed by atoms with Crippen molar-refractivity contribution in [1.82, 2.24) is 15.6 Å². The molecule has 0 aliphatic carbocycles. The van der Waals surface area contributed by atoms with Crippen LogP contribution in [0.1, 0.15) is 44.7 Å². The smallest absolute Gasteiger partial charge is 0.220 e. The summed E-state index contributed by atoms with van der Waals surface area (Å²) in [4.78, 5) is 19.2. The summed E-state index contributed by atoms with van der Waals surface area (Å²) in [6, 6.07) is 0. The first kappa shape index (κ1) is 17.7. The monoisotopic (exact) mass is 350 g/mol. The molecule has 0 radical (unpaired) electrons. The number of nitrogens with one attached hydrogen (secondary N) is 2. The van der Waals surface area contributed by atoms with Crippen molar-refractivity contribution in [1.29, 1.82) is 0 Å². The van der Waals surface area contributed by atoms with Crippen molar-refractivity contribution in [2.75, 3.05) is 37.6 Å². The molecule has 3 heterocycles. The Hall–Kier alpha value is -1.14. The zero-order chi connectivity index (χ0) is 16.8. The lowest BCUT2D eigenvalue weighted by Gasteiger charge is -2.27. The molecule has 6 heteroatoms. The van der Waals surface area contributed by atoms with Crippen molar-refractivity contribution in [2.45, 2.75) is 45.4 Å². The van der Waals surface area contributed by atoms with E-state index in [4.69, 9.17) is 4.98 Å². The average molecular weight is 351 g/mol. The van der Waals surface area contributed by atoms with Gasteiger partial charge in [0.05, 0.1) is 5.69 Å². The Morgan fingerprint density at radius 1 is 1.42 bits per heavy atom. The van der Waals surface area contributed by atoms with E-state index in [2.05, 4.69) is 27.8 Å². The molecule has 2 aliphatic heterocycles. The summed E-state index contributed by atoms with van der Waals surface area (Å²) in [6.45, 7) is 7.38. The van der Waals surface area contributed by atoms with Gasteiger partial charge in [-0.2, -0.15) is 0 Å². The zero-order valence-corrected chi connectivity index (χ0v) is 15.5. The normalized spacial score (nSPS) is 20.3. The minimum absolute atomic E-state index is 0.191. The number of piperidine rings is 1. The van der Waals surface area contributed by atoms with Crippen molar-refractivity contribution in [2.24, 2.45) is 11.8 Å². The van der Waals surface area contributed by atoms with Crippen LogP contribution in [0.15, 0.2) is 5.38 Å². The van der Waals surface area contributed by atoms with Crippen molar-refractivity contribution < 1.29 is 4.79 Å². The average Bonchev–Trinajstić information content (AvgIpc) is 3.27. The maximum absolute atomic E-state index is 12.1. The van der Waals surface area contributed by atoms with E-state index in [9.17, 15) is 4.79 Å². The molecule has 1 amide bonds. The third-order valence-electron chi connectivity index (χ3n) is 5.32. The molecule has 0 aromatic carbocycles. The van der Waals surface area contributed by atoms with Gasteiger partial charge in [-0.25, -0.2) is 4.98 Å². The molecule has 2 N–H and O–H groups in total. The molecule has 3 rings (SSSR count). The number of anilines is 1. The van der Waals surface area contributed by atoms with Crippen molar-refractivity contribution in [3.63, 3.8) is 0 Å². The Bertz CT molecular complexity index is 521. The molecule has 1 atom stereocenters. The topological polar surface area (TPSA) is 57.3 Å². The number of rotatable bonds is 7. The lowest BCUT2D eigenvalue weighted by molar-refractivity contribution is -0.122. The highest BCUT2D eigenvalue weighted by molar-refractivity contribution is 7.13. The third-order valence-corrected chi connectivity index (χ3v) is 6.27. The van der Waals surface area contributed by atoms with Crippen molar-refractivity contribution in [3.05, 3.63) is 11.1 Å². The van der Waals surface area contributed by atoms with Gasteiger partial charge in [0.25, 0.3) is 0 Å². The van der Waals surface area contributed by atoms with Gasteiger partial charge >= 0.3 is 0 Å². The van der Waals surface area contributed by atoms with Gasteiger partial charge in [-0.15, -0.1) is 11.3 Å². The van der Waals surface area contributed by atoms with Crippen LogP contribution in [0.4, 0.5) is 5.13 Å². The second kappa shape index (κ2) is 8.81. The predicted octanol–water partition coefficient (Wildman–Crippen LogP) is 2.43. The summed E-state index contributed by atoms with van der Waals surface area (Å²) >= 11 is 1.73. The highest BCUT2D eigenvalue weighted by atomic mass is 32.1. The number of thiazole rings is 1. The Labute approximate surface area is 149 Å². The van der Waals surface area contributed by atoms with Crippen LogP contribution in [0.2, 0.25) is 0 Å². The summed E-state index contributed by atoms with van der Waals surface area (Å²) in [5.41, 5.74) is 1.11. The number of carbonyl (C=O) groups is 1. The number of carbonyl (C=O) groups excluding carboxylic acids is 1. The van der Waals surface area contributed by atoms with E-state index in [1.807, 2.05) is 0 Å². The predicted molar refractivity (Wildman–Crippen MR) is 99.6 cm³/mol. The largest absolute Gasteiger partial charge is 0.356 e. The Balaban J connectivity index is 1.35. The van der Waals surface area contributed by atoms with Crippen LogP contribution < -0.4 is 15.5 Å². The SMILES string of the molecule is CC(CC(=O)NCCc1csc(N2CCCC2)n1)C1CCNCC1. The summed E-state index contributed by atoms with van der Waals surface area (Å²) in [6.07, 6.45) is 6.44. The standard InChI is InChI=1S/C18H30N4OS/c1-14(15-4-7-19-8-5-15)12-17(23)20-9-6-16-13-24-18(21-16)22-10-2-3-11-22/h13-15,19H,2-12H2,1H3,(H,20,23). The van der Waals surface area contributed by atoms with Gasteiger partial charge in [-0.05, 0) is 50.6 Å². The number of hydrogen-bond acceptors (Lipinski definition) is 5. The molecule has 1 aromatic heterocycles. The van der Waals surface area contributed by atoms with E-state index in [0.717, 1.165) is 43.4 Å². The first-order valence-electron chi connectivity index (χ1n) is 9.39. The van der Waals surface area contributed by atoms with E-state index >= 15 is 0 Å². The second-order valence-electron chi connectivity index (χ2n) is 7.18. The van der Waals surface area contributed by atoms with Crippen molar-refractivity contribution in [3.8, 4) is 0 Å². The summed E-state index contributed by atoms with van der Waals surface area (Å²) in [5.74, 6) is 1.36. The number of nitrogens with zero attached hydrogens (tertiary/aromatic N) is 2. The van der Waals surface area contributed by atoms with Crippen LogP contribution in [0.3, 0.4) is 0 Å². The highest BCUT2D eigenvalue weighted by Crippen LogP contribution is 2.25. The molecule has 5 nitrogen and oxygen atoms in total. The lowest BCUT2D eigenvalue weighted by Crippen LogP contribution is -2.34. The van der Waals surface area contributed by atoms with Crippen molar-refractivity contribution >= 4 is 22.4 Å². The summed E-state index contributed by atoms with van der Waals surface area (Å²) in [7, 11) is 0. The first-order chi connectivity index (χ1) is 11.7. The molecular formula is C18H30N4OS. The van der Waals surface area contributed by atoms with Crippen LogP contribution in [-0.4, -0.2) is 43.6 Å². The summed E-state index contributed by atoms with van der Waals surface area (Å²) < 4.78 is 0. The van der Waals surface area contributed by atoms with E-state index in [-0.39, 0.29) is 5.91 Å². The van der Waals surface area contributed by atoms with Crippen LogP contribution in [-0.2, 0) is 11.2 Å². The first-order valence-corrected chi connectivity index (χ1v) is 10.3. The minimum atomic E-state index is 0.191. The highest BCUT2D eigenvalue weighted by Gasteiger charge is 2.22. The molecule has 2 fully saturated rings. The molecule has 0 spiro atoms. The van der Waals surface area contributed by atoms with Gasteiger partial charge in [-0.3, -0.25) is 4.79 Å². The molecule has 2 aliphatic rings. The van der Waals surface area contributed by atoms with Crippen LogP contribution >= 0.6 is 11.3 Å². The molecule has 134 valence electrons. The summed E-state index contributed by atoms with van der Waals surface area (Å²) in [5, 5.41) is 9.75. The molecular weight excluding hydrogens is 320 g/mol. The van der Waals surface area contributed by atoms with Gasteiger partial charge in [-0.1, -0.05) is 6.92 Å². The van der Waals surface area contributed by atoms with Gasteiger partial charge in [0, 0.05) is 37.9 Å². The molecule has 0 bridgehead atoms. The fraction of sp³-hybridized carbons (Fsp3) is 0.778. The van der Waals surface area contributed by atoms with Gasteiger partial charge in [0.15, 0.2) is 5.13 Å². The molecule has 0 saturated carbocycles. The molecule has 1 unspecified atom stereocenters. The van der Waals surface area contributed by atoms with Gasteiger partial charge in [0.2, 0.25) is 5.91 Å². The maximum Gasteiger partial charge on any atom is 0.220 e. The van der Waals surface area contributed by atoms with Gasteiger partial charge < -0.3 is 15.5 Å². The number of hydrogen-bond donors (Lipinski definition) is 2.